The Morgan fingerprint density at radius 2 is 1.70 bits per heavy atom. The average molecular weight is 433 g/mol. The summed E-state index contributed by atoms with van der Waals surface area (Å²) in [6.45, 7) is 6.88. The van der Waals surface area contributed by atoms with E-state index in [0.717, 1.165) is 12.0 Å². The van der Waals surface area contributed by atoms with Crippen molar-refractivity contribution in [3.05, 3.63) is 48.0 Å². The summed E-state index contributed by atoms with van der Waals surface area (Å²) in [5.74, 6) is 0.884. The number of hydrogen-bond donors (Lipinski definition) is 2. The Bertz CT molecular complexity index is 987. The summed E-state index contributed by atoms with van der Waals surface area (Å²) in [7, 11) is -3.83. The van der Waals surface area contributed by atoms with Crippen molar-refractivity contribution in [2.24, 2.45) is 5.92 Å². The molecule has 0 saturated carbocycles. The maximum atomic E-state index is 12.9. The molecular weight excluding hydrogens is 404 g/mol. The first-order valence-electron chi connectivity index (χ1n) is 10.0. The third-order valence-electron chi connectivity index (χ3n) is 4.67. The Morgan fingerprint density at radius 1 is 1.03 bits per heavy atom. The van der Waals surface area contributed by atoms with E-state index >= 15 is 0 Å². The molecule has 0 aromatic heterocycles. The van der Waals surface area contributed by atoms with Gasteiger partial charge in [-0.05, 0) is 43.5 Å². The maximum Gasteiger partial charge on any atom is 0.242 e. The van der Waals surface area contributed by atoms with E-state index < -0.39 is 22.0 Å². The zero-order valence-corrected chi connectivity index (χ0v) is 18.3. The molecule has 1 atom stereocenters. The lowest BCUT2D eigenvalue weighted by Gasteiger charge is -2.20. The minimum absolute atomic E-state index is 0.116. The summed E-state index contributed by atoms with van der Waals surface area (Å²) in [4.78, 5) is 13.1. The molecule has 0 aliphatic carbocycles. The van der Waals surface area contributed by atoms with Gasteiger partial charge in [0.15, 0.2) is 11.5 Å². The van der Waals surface area contributed by atoms with Crippen molar-refractivity contribution in [3.63, 3.8) is 0 Å². The number of nitrogens with one attached hydrogen (secondary N) is 2. The third kappa shape index (κ3) is 5.73. The molecule has 0 spiro atoms. The number of amides is 1. The van der Waals surface area contributed by atoms with Gasteiger partial charge in [-0.1, -0.05) is 31.5 Å². The van der Waals surface area contributed by atoms with Crippen molar-refractivity contribution in [3.8, 4) is 11.5 Å². The molecular formula is C22H28N2O5S. The second-order valence-electron chi connectivity index (χ2n) is 7.82. The number of aryl methyl sites for hydroxylation is 1. The number of sulfonamides is 1. The van der Waals surface area contributed by atoms with Crippen LogP contribution in [-0.2, 0) is 14.8 Å². The van der Waals surface area contributed by atoms with Gasteiger partial charge in [-0.25, -0.2) is 8.42 Å². The van der Waals surface area contributed by atoms with Crippen molar-refractivity contribution < 1.29 is 22.7 Å². The fourth-order valence-corrected chi connectivity index (χ4v) is 4.33. The minimum Gasteiger partial charge on any atom is -0.490 e. The Balaban J connectivity index is 1.77. The highest BCUT2D eigenvalue weighted by molar-refractivity contribution is 7.89. The molecule has 7 nitrogen and oxygen atoms in total. The minimum atomic E-state index is -3.83. The number of hydrogen-bond acceptors (Lipinski definition) is 5. The molecule has 30 heavy (non-hydrogen) atoms. The zero-order valence-electron chi connectivity index (χ0n) is 17.5. The number of anilines is 1. The van der Waals surface area contributed by atoms with Crippen LogP contribution in [0.25, 0.3) is 0 Å². The number of benzene rings is 2. The molecule has 0 radical (unpaired) electrons. The molecule has 1 amide bonds. The molecule has 1 aliphatic heterocycles. The quantitative estimate of drug-likeness (QED) is 0.699. The Kier molecular flexibility index (Phi) is 6.99. The SMILES string of the molecule is Cc1ccc(S(=O)(=O)NC(CC(C)C)C(=O)Nc2ccc3c(c2)OCCCO3)cc1. The van der Waals surface area contributed by atoms with Gasteiger partial charge in [-0.2, -0.15) is 4.72 Å². The molecule has 0 fully saturated rings. The van der Waals surface area contributed by atoms with E-state index in [1.54, 1.807) is 30.3 Å². The maximum absolute atomic E-state index is 12.9. The Labute approximate surface area is 177 Å². The molecule has 8 heteroatoms. The largest absolute Gasteiger partial charge is 0.490 e. The van der Waals surface area contributed by atoms with Crippen LogP contribution in [0.15, 0.2) is 47.4 Å². The molecule has 2 aromatic rings. The summed E-state index contributed by atoms with van der Waals surface area (Å²) in [6, 6.07) is 10.8. The molecule has 0 saturated heterocycles. The van der Waals surface area contributed by atoms with E-state index in [1.807, 2.05) is 20.8 Å². The van der Waals surface area contributed by atoms with Gasteiger partial charge in [0, 0.05) is 18.2 Å². The fraction of sp³-hybridized carbons (Fsp3) is 0.409. The van der Waals surface area contributed by atoms with Crippen molar-refractivity contribution in [2.75, 3.05) is 18.5 Å². The van der Waals surface area contributed by atoms with E-state index in [2.05, 4.69) is 10.0 Å². The van der Waals surface area contributed by atoms with E-state index in [0.29, 0.717) is 36.8 Å². The fourth-order valence-electron chi connectivity index (χ4n) is 3.12. The predicted molar refractivity (Wildman–Crippen MR) is 115 cm³/mol. The van der Waals surface area contributed by atoms with Crippen molar-refractivity contribution in [2.45, 2.75) is 44.6 Å². The van der Waals surface area contributed by atoms with Gasteiger partial charge < -0.3 is 14.8 Å². The third-order valence-corrected chi connectivity index (χ3v) is 6.15. The van der Waals surface area contributed by atoms with Crippen LogP contribution < -0.4 is 19.5 Å². The second-order valence-corrected chi connectivity index (χ2v) is 9.53. The normalized spacial score (nSPS) is 14.8. The highest BCUT2D eigenvalue weighted by atomic mass is 32.2. The molecule has 2 N–H and O–H groups in total. The van der Waals surface area contributed by atoms with Crippen molar-refractivity contribution >= 4 is 21.6 Å². The number of carbonyl (C=O) groups excluding carboxylic acids is 1. The highest BCUT2D eigenvalue weighted by Gasteiger charge is 2.27. The smallest absolute Gasteiger partial charge is 0.242 e. The summed E-state index contributed by atoms with van der Waals surface area (Å²) >= 11 is 0. The van der Waals surface area contributed by atoms with Crippen LogP contribution in [0.1, 0.15) is 32.3 Å². The summed E-state index contributed by atoms with van der Waals surface area (Å²) in [6.07, 6.45) is 1.15. The van der Waals surface area contributed by atoms with Gasteiger partial charge in [-0.3, -0.25) is 4.79 Å². The van der Waals surface area contributed by atoms with Crippen molar-refractivity contribution in [1.29, 1.82) is 0 Å². The second kappa shape index (κ2) is 9.49. The topological polar surface area (TPSA) is 93.7 Å². The summed E-state index contributed by atoms with van der Waals surface area (Å²) < 4.78 is 39.4. The molecule has 162 valence electrons. The predicted octanol–water partition coefficient (Wildman–Crippen LogP) is 3.49. The number of fused-ring (bicyclic) bond motifs is 1. The molecule has 1 unspecified atom stereocenters. The first-order chi connectivity index (χ1) is 14.2. The zero-order chi connectivity index (χ0) is 21.7. The van der Waals surface area contributed by atoms with Crippen LogP contribution in [-0.4, -0.2) is 33.6 Å². The number of rotatable bonds is 7. The lowest BCUT2D eigenvalue weighted by Crippen LogP contribution is -2.44. The molecule has 0 bridgehead atoms. The van der Waals surface area contributed by atoms with Gasteiger partial charge in [-0.15, -0.1) is 0 Å². The van der Waals surface area contributed by atoms with Gasteiger partial charge >= 0.3 is 0 Å². The van der Waals surface area contributed by atoms with Crippen LogP contribution in [0.4, 0.5) is 5.69 Å². The summed E-state index contributed by atoms with van der Waals surface area (Å²) in [5.41, 5.74) is 1.48. The van der Waals surface area contributed by atoms with E-state index in [1.165, 1.54) is 12.1 Å². The van der Waals surface area contributed by atoms with Crippen LogP contribution in [0.3, 0.4) is 0 Å². The summed E-state index contributed by atoms with van der Waals surface area (Å²) in [5, 5.41) is 2.80. The molecule has 1 aliphatic rings. The van der Waals surface area contributed by atoms with E-state index in [-0.39, 0.29) is 10.8 Å². The molecule has 3 rings (SSSR count). The number of carbonyl (C=O) groups is 1. The average Bonchev–Trinajstić information content (AvgIpc) is 2.92. The van der Waals surface area contributed by atoms with Crippen LogP contribution >= 0.6 is 0 Å². The lowest BCUT2D eigenvalue weighted by atomic mass is 10.0. The van der Waals surface area contributed by atoms with Crippen LogP contribution in [0.2, 0.25) is 0 Å². The standard InChI is InChI=1S/C22H28N2O5S/c1-15(2)13-19(24-30(26,27)18-8-5-16(3)6-9-18)22(25)23-17-7-10-20-21(14-17)29-12-4-11-28-20/h5-10,14-15,19,24H,4,11-13H2,1-3H3,(H,23,25). The van der Waals surface area contributed by atoms with Gasteiger partial charge in [0.1, 0.15) is 6.04 Å². The van der Waals surface area contributed by atoms with E-state index in [4.69, 9.17) is 9.47 Å². The first-order valence-corrected chi connectivity index (χ1v) is 11.5. The van der Waals surface area contributed by atoms with Gasteiger partial charge in [0.05, 0.1) is 18.1 Å². The Hall–Kier alpha value is -2.58. The monoisotopic (exact) mass is 432 g/mol. The Morgan fingerprint density at radius 3 is 2.37 bits per heavy atom. The van der Waals surface area contributed by atoms with Crippen molar-refractivity contribution in [1.82, 2.24) is 4.72 Å². The molecule has 1 heterocycles. The number of ether oxygens (including phenoxy) is 2. The first kappa shape index (κ1) is 22.1. The molecule has 2 aromatic carbocycles. The van der Waals surface area contributed by atoms with Gasteiger partial charge in [0.2, 0.25) is 15.9 Å². The van der Waals surface area contributed by atoms with Gasteiger partial charge in [0.25, 0.3) is 0 Å². The van der Waals surface area contributed by atoms with Crippen LogP contribution in [0.5, 0.6) is 11.5 Å². The lowest BCUT2D eigenvalue weighted by molar-refractivity contribution is -0.118. The van der Waals surface area contributed by atoms with E-state index in [9.17, 15) is 13.2 Å². The highest BCUT2D eigenvalue weighted by Crippen LogP contribution is 2.32. The van der Waals surface area contributed by atoms with Crippen LogP contribution in [0, 0.1) is 12.8 Å².